The quantitative estimate of drug-likeness (QED) is 0.0948. The monoisotopic (exact) mass is 490 g/mol. The van der Waals surface area contributed by atoms with E-state index in [1.165, 1.54) is 0 Å². The molecule has 1 aromatic rings. The maximum Gasteiger partial charge on any atom is 0.251 e. The van der Waals surface area contributed by atoms with Crippen molar-refractivity contribution in [1.29, 1.82) is 0 Å². The number of hydrogen-bond donors (Lipinski definition) is 3. The minimum absolute atomic E-state index is 0.0455. The molecule has 11 nitrogen and oxygen atoms in total. The number of ether oxygens (including phenoxy) is 3. The van der Waals surface area contributed by atoms with Crippen molar-refractivity contribution in [1.82, 2.24) is 16.0 Å². The maximum atomic E-state index is 12.3. The fourth-order valence-electron chi connectivity index (χ4n) is 2.68. The van der Waals surface area contributed by atoms with E-state index in [-0.39, 0.29) is 38.2 Å². The van der Waals surface area contributed by atoms with Crippen LogP contribution in [0.3, 0.4) is 0 Å². The Morgan fingerprint density at radius 2 is 1.94 bits per heavy atom. The van der Waals surface area contributed by atoms with Crippen LogP contribution < -0.4 is 20.7 Å². The number of carbonyl (C=O) groups excluding carboxylic acids is 2. The van der Waals surface area contributed by atoms with Gasteiger partial charge in [0.25, 0.3) is 5.91 Å². The largest absolute Gasteiger partial charge is 0.491 e. The average molecular weight is 491 g/mol. The van der Waals surface area contributed by atoms with Crippen LogP contribution in [-0.4, -0.2) is 70.1 Å². The molecule has 0 saturated carbocycles. The molecule has 194 valence electrons. The molecule has 2 amide bonds. The highest BCUT2D eigenvalue weighted by Gasteiger charge is 2.11. The van der Waals surface area contributed by atoms with Gasteiger partial charge in [-0.2, -0.15) is 0 Å². The number of rotatable bonds is 18. The van der Waals surface area contributed by atoms with Crippen LogP contribution in [0, 0.1) is 5.92 Å². The van der Waals surface area contributed by atoms with Crippen LogP contribution in [0.4, 0.5) is 0 Å². The molecule has 1 aromatic carbocycles. The Kier molecular flexibility index (Phi) is 15.6. The lowest BCUT2D eigenvalue weighted by atomic mass is 10.2. The Hall–Kier alpha value is -3.11. The second kappa shape index (κ2) is 18.2. The molecule has 1 rings (SSSR count). The van der Waals surface area contributed by atoms with E-state index in [0.717, 1.165) is 0 Å². The third kappa shape index (κ3) is 15.4. The van der Waals surface area contributed by atoms with Gasteiger partial charge in [-0.3, -0.25) is 9.59 Å². The standard InChI is InChI=1S/C24H38N6O5/c1-18(2)7-6-10-27-22(31)16-33-13-14-34-23(29-30-25)17-35-21-9-5-8-20(15-21)24(32)28-12-11-26-19(3)4/h5-9,15,18-19,23,26H,10-14,16-17H2,1-4H3,(H,27,31)(H,28,32)/b7-6+. The van der Waals surface area contributed by atoms with E-state index >= 15 is 0 Å². The average Bonchev–Trinajstić information content (AvgIpc) is 2.82. The molecule has 0 aliphatic rings. The van der Waals surface area contributed by atoms with Crippen LogP contribution in [0.1, 0.15) is 38.1 Å². The SMILES string of the molecule is CC(C)/C=C/CNC(=O)COCCOC(COc1cccc(C(=O)NCCNC(C)C)c1)N=[N+]=[N-]. The van der Waals surface area contributed by atoms with Crippen LogP contribution in [0.5, 0.6) is 5.75 Å². The van der Waals surface area contributed by atoms with Crippen LogP contribution >= 0.6 is 0 Å². The summed E-state index contributed by atoms with van der Waals surface area (Å²) < 4.78 is 16.4. The van der Waals surface area contributed by atoms with E-state index in [9.17, 15) is 9.59 Å². The van der Waals surface area contributed by atoms with Crippen molar-refractivity contribution in [3.8, 4) is 5.75 Å². The molecule has 0 aromatic heterocycles. The van der Waals surface area contributed by atoms with Crippen LogP contribution in [0.2, 0.25) is 0 Å². The number of nitrogens with zero attached hydrogens (tertiary/aromatic N) is 3. The second-order valence-corrected chi connectivity index (χ2v) is 8.26. The Balaban J connectivity index is 2.35. The van der Waals surface area contributed by atoms with Gasteiger partial charge in [0, 0.05) is 36.2 Å². The van der Waals surface area contributed by atoms with E-state index in [0.29, 0.717) is 42.9 Å². The number of benzene rings is 1. The molecule has 11 heteroatoms. The molecule has 0 bridgehead atoms. The van der Waals surface area contributed by atoms with E-state index in [1.54, 1.807) is 24.3 Å². The molecular weight excluding hydrogens is 452 g/mol. The molecule has 1 unspecified atom stereocenters. The van der Waals surface area contributed by atoms with Crippen molar-refractivity contribution in [2.45, 2.75) is 40.0 Å². The van der Waals surface area contributed by atoms with Gasteiger partial charge in [0.05, 0.1) is 13.2 Å². The Morgan fingerprint density at radius 1 is 1.14 bits per heavy atom. The first-order valence-corrected chi connectivity index (χ1v) is 11.7. The number of nitrogens with one attached hydrogen (secondary N) is 3. The molecule has 3 N–H and O–H groups in total. The highest BCUT2D eigenvalue weighted by molar-refractivity contribution is 5.94. The molecule has 0 saturated heterocycles. The van der Waals surface area contributed by atoms with Crippen molar-refractivity contribution >= 4 is 11.8 Å². The maximum absolute atomic E-state index is 12.3. The van der Waals surface area contributed by atoms with Crippen molar-refractivity contribution in [2.24, 2.45) is 11.0 Å². The first kappa shape index (κ1) is 29.9. The number of hydrogen-bond acceptors (Lipinski definition) is 7. The van der Waals surface area contributed by atoms with Gasteiger partial charge in [-0.05, 0) is 29.6 Å². The minimum Gasteiger partial charge on any atom is -0.491 e. The fraction of sp³-hybridized carbons (Fsp3) is 0.583. The van der Waals surface area contributed by atoms with Gasteiger partial charge in [-0.15, -0.1) is 0 Å². The van der Waals surface area contributed by atoms with E-state index in [2.05, 4.69) is 39.8 Å². The third-order valence-corrected chi connectivity index (χ3v) is 4.34. The highest BCUT2D eigenvalue weighted by atomic mass is 16.6. The summed E-state index contributed by atoms with van der Waals surface area (Å²) in [6.07, 6.45) is 3.01. The molecule has 0 radical (unpaired) electrons. The molecule has 35 heavy (non-hydrogen) atoms. The summed E-state index contributed by atoms with van der Waals surface area (Å²) >= 11 is 0. The van der Waals surface area contributed by atoms with E-state index in [1.807, 2.05) is 26.0 Å². The van der Waals surface area contributed by atoms with Crippen molar-refractivity contribution < 1.29 is 23.8 Å². The van der Waals surface area contributed by atoms with Gasteiger partial charge in [0.15, 0.2) is 6.23 Å². The van der Waals surface area contributed by atoms with Crippen LogP contribution in [0.15, 0.2) is 41.5 Å². The summed E-state index contributed by atoms with van der Waals surface area (Å²) in [5.74, 6) is 0.437. The summed E-state index contributed by atoms with van der Waals surface area (Å²) in [7, 11) is 0. The van der Waals surface area contributed by atoms with Gasteiger partial charge >= 0.3 is 0 Å². The molecule has 0 aliphatic carbocycles. The molecule has 0 fully saturated rings. The van der Waals surface area contributed by atoms with E-state index in [4.69, 9.17) is 19.7 Å². The lowest BCUT2D eigenvalue weighted by Gasteiger charge is -2.15. The molecule has 1 atom stereocenters. The van der Waals surface area contributed by atoms with Crippen LogP contribution in [0.25, 0.3) is 10.4 Å². The van der Waals surface area contributed by atoms with Gasteiger partial charge in [0.1, 0.15) is 19.0 Å². The smallest absolute Gasteiger partial charge is 0.251 e. The van der Waals surface area contributed by atoms with Crippen LogP contribution in [-0.2, 0) is 14.3 Å². The van der Waals surface area contributed by atoms with Gasteiger partial charge in [-0.1, -0.05) is 51.0 Å². The molecule has 0 heterocycles. The zero-order valence-corrected chi connectivity index (χ0v) is 21.0. The topological polar surface area (TPSA) is 147 Å². The zero-order valence-electron chi connectivity index (χ0n) is 21.0. The highest BCUT2D eigenvalue weighted by Crippen LogP contribution is 2.14. The predicted molar refractivity (Wildman–Crippen MR) is 134 cm³/mol. The van der Waals surface area contributed by atoms with Gasteiger partial charge in [0.2, 0.25) is 5.91 Å². The Morgan fingerprint density at radius 3 is 2.66 bits per heavy atom. The third-order valence-electron chi connectivity index (χ3n) is 4.34. The lowest BCUT2D eigenvalue weighted by molar-refractivity contribution is -0.126. The van der Waals surface area contributed by atoms with Crippen molar-refractivity contribution in [2.75, 3.05) is 46.1 Å². The first-order chi connectivity index (χ1) is 16.8. The first-order valence-electron chi connectivity index (χ1n) is 11.7. The summed E-state index contributed by atoms with van der Waals surface area (Å²) in [5.41, 5.74) is 9.23. The predicted octanol–water partition coefficient (Wildman–Crippen LogP) is 2.79. The zero-order chi connectivity index (χ0) is 25.9. The Labute approximate surface area is 207 Å². The lowest BCUT2D eigenvalue weighted by Crippen LogP contribution is -2.34. The number of azide groups is 1. The summed E-state index contributed by atoms with van der Waals surface area (Å²) in [5, 5.41) is 12.3. The number of allylic oxidation sites excluding steroid dienone is 1. The normalized spacial score (nSPS) is 11.9. The van der Waals surface area contributed by atoms with Crippen molar-refractivity contribution in [3.63, 3.8) is 0 Å². The number of amides is 2. The summed E-state index contributed by atoms with van der Waals surface area (Å²) in [6.45, 7) is 9.94. The summed E-state index contributed by atoms with van der Waals surface area (Å²) in [6, 6.07) is 7.05. The summed E-state index contributed by atoms with van der Waals surface area (Å²) in [4.78, 5) is 26.8. The molecular formula is C24H38N6O5. The Bertz CT molecular complexity index is 839. The fourth-order valence-corrected chi connectivity index (χ4v) is 2.68. The minimum atomic E-state index is -0.891. The van der Waals surface area contributed by atoms with E-state index < -0.39 is 6.23 Å². The van der Waals surface area contributed by atoms with Gasteiger partial charge in [-0.25, -0.2) is 0 Å². The number of carbonyl (C=O) groups is 2. The van der Waals surface area contributed by atoms with Gasteiger partial charge < -0.3 is 30.2 Å². The van der Waals surface area contributed by atoms with Crippen molar-refractivity contribution in [3.05, 3.63) is 52.4 Å². The molecule has 0 spiro atoms. The second-order valence-electron chi connectivity index (χ2n) is 8.26. The molecule has 0 aliphatic heterocycles.